The van der Waals surface area contributed by atoms with Gasteiger partial charge < -0.3 is 10.0 Å². The Morgan fingerprint density at radius 1 is 1.13 bits per heavy atom. The van der Waals surface area contributed by atoms with Crippen LogP contribution in [0.5, 0.6) is 0 Å². The number of anilines is 1. The summed E-state index contributed by atoms with van der Waals surface area (Å²) in [6, 6.07) is 12.1. The van der Waals surface area contributed by atoms with Crippen LogP contribution in [0, 0.1) is 0 Å². The topological polar surface area (TPSA) is 49.2 Å². The van der Waals surface area contributed by atoms with Crippen molar-refractivity contribution in [1.82, 2.24) is 9.97 Å². The van der Waals surface area contributed by atoms with Crippen LogP contribution in [0.4, 0.5) is 5.82 Å². The van der Waals surface area contributed by atoms with Gasteiger partial charge in [0, 0.05) is 18.5 Å². The Morgan fingerprint density at radius 2 is 1.91 bits per heavy atom. The Bertz CT molecular complexity index is 794. The van der Waals surface area contributed by atoms with Crippen molar-refractivity contribution in [2.75, 3.05) is 18.0 Å². The number of rotatable bonds is 5. The van der Waals surface area contributed by atoms with E-state index in [-0.39, 0.29) is 0 Å². The minimum absolute atomic E-state index is 0.522. The Hall–Kier alpha value is -1.98. The molecule has 0 fully saturated rings. The molecule has 0 radical (unpaired) electrons. The maximum Gasteiger partial charge on any atom is 0.172 e. The zero-order valence-electron chi connectivity index (χ0n) is 13.7. The zero-order chi connectivity index (χ0) is 16.4. The van der Waals surface area contributed by atoms with Gasteiger partial charge in [-0.3, -0.25) is 0 Å². The summed E-state index contributed by atoms with van der Waals surface area (Å²) in [5.74, 6) is 1.62. The van der Waals surface area contributed by atoms with Crippen LogP contribution in [0.15, 0.2) is 41.8 Å². The Kier molecular flexibility index (Phi) is 4.33. The summed E-state index contributed by atoms with van der Waals surface area (Å²) in [7, 11) is 0. The lowest BCUT2D eigenvalue weighted by molar-refractivity contribution is 0.0875. The van der Waals surface area contributed by atoms with Gasteiger partial charge in [0.15, 0.2) is 5.82 Å². The monoisotopic (exact) mass is 327 g/mol. The van der Waals surface area contributed by atoms with Crippen LogP contribution in [0.2, 0.25) is 0 Å². The van der Waals surface area contributed by atoms with Crippen LogP contribution < -0.4 is 4.90 Å². The smallest absolute Gasteiger partial charge is 0.172 e. The molecule has 0 saturated carbocycles. The lowest BCUT2D eigenvalue weighted by Crippen LogP contribution is -2.39. The van der Waals surface area contributed by atoms with Gasteiger partial charge in [-0.15, -0.1) is 11.3 Å². The van der Waals surface area contributed by atoms with E-state index in [4.69, 9.17) is 9.97 Å². The van der Waals surface area contributed by atoms with Gasteiger partial charge >= 0.3 is 0 Å². The second-order valence-corrected chi connectivity index (χ2v) is 7.14. The van der Waals surface area contributed by atoms with E-state index in [2.05, 4.69) is 11.8 Å². The molecular formula is C18H21N3OS. The molecule has 5 heteroatoms. The van der Waals surface area contributed by atoms with Crippen molar-refractivity contribution < 1.29 is 5.11 Å². The van der Waals surface area contributed by atoms with E-state index >= 15 is 0 Å². The average Bonchev–Trinajstić information content (AvgIpc) is 3.05. The molecule has 2 aromatic heterocycles. The van der Waals surface area contributed by atoms with Crippen molar-refractivity contribution in [2.45, 2.75) is 26.4 Å². The highest BCUT2D eigenvalue weighted by Gasteiger charge is 2.21. The van der Waals surface area contributed by atoms with Gasteiger partial charge in [-0.25, -0.2) is 9.97 Å². The average molecular weight is 327 g/mol. The van der Waals surface area contributed by atoms with E-state index in [1.165, 1.54) is 0 Å². The predicted molar refractivity (Wildman–Crippen MR) is 97.0 cm³/mol. The van der Waals surface area contributed by atoms with E-state index in [1.807, 2.05) is 55.6 Å². The predicted octanol–water partition coefficient (Wildman–Crippen LogP) is 3.96. The molecule has 0 atom stereocenters. The molecule has 1 aromatic carbocycles. The van der Waals surface area contributed by atoms with Crippen LogP contribution in [0.3, 0.4) is 0 Å². The standard InChI is InChI=1S/C18H21N3OS/c1-4-21(12-18(2,3)22)17-13-8-5-6-9-14(13)19-16(20-17)15-10-7-11-23-15/h5-11,22H,4,12H2,1-3H3. The molecule has 3 rings (SSSR count). The quantitative estimate of drug-likeness (QED) is 0.771. The SMILES string of the molecule is CCN(CC(C)(C)O)c1nc(-c2cccs2)nc2ccccc12. The first-order chi connectivity index (χ1) is 11.0. The Balaban J connectivity index is 2.17. The number of nitrogens with zero attached hydrogens (tertiary/aromatic N) is 3. The van der Waals surface area contributed by atoms with Crippen LogP contribution in [-0.4, -0.2) is 33.8 Å². The van der Waals surface area contributed by atoms with Crippen LogP contribution in [-0.2, 0) is 0 Å². The molecule has 1 N–H and O–H groups in total. The number of hydrogen-bond acceptors (Lipinski definition) is 5. The van der Waals surface area contributed by atoms with Gasteiger partial charge in [-0.05, 0) is 44.4 Å². The van der Waals surface area contributed by atoms with Gasteiger partial charge in [0.1, 0.15) is 5.82 Å². The lowest BCUT2D eigenvalue weighted by Gasteiger charge is -2.30. The second kappa shape index (κ2) is 6.26. The lowest BCUT2D eigenvalue weighted by atomic mass is 10.1. The molecule has 0 aliphatic carbocycles. The van der Waals surface area contributed by atoms with E-state index in [9.17, 15) is 5.11 Å². The first-order valence-corrected chi connectivity index (χ1v) is 8.64. The fraction of sp³-hybridized carbons (Fsp3) is 0.333. The van der Waals surface area contributed by atoms with Crippen LogP contribution in [0.25, 0.3) is 21.6 Å². The second-order valence-electron chi connectivity index (χ2n) is 6.19. The molecule has 0 amide bonds. The van der Waals surface area contributed by atoms with E-state index in [1.54, 1.807) is 11.3 Å². The van der Waals surface area contributed by atoms with Gasteiger partial charge in [0.2, 0.25) is 0 Å². The van der Waals surface area contributed by atoms with Gasteiger partial charge in [0.25, 0.3) is 0 Å². The minimum Gasteiger partial charge on any atom is -0.389 e. The number of para-hydroxylation sites is 1. The summed E-state index contributed by atoms with van der Waals surface area (Å²) in [5, 5.41) is 13.3. The molecule has 0 spiro atoms. The molecule has 0 aliphatic heterocycles. The van der Waals surface area contributed by atoms with Gasteiger partial charge in [-0.2, -0.15) is 0 Å². The molecule has 0 saturated heterocycles. The first kappa shape index (κ1) is 15.9. The Morgan fingerprint density at radius 3 is 2.57 bits per heavy atom. The number of fused-ring (bicyclic) bond motifs is 1. The molecule has 0 bridgehead atoms. The summed E-state index contributed by atoms with van der Waals surface area (Å²) in [4.78, 5) is 12.7. The van der Waals surface area contributed by atoms with E-state index in [0.29, 0.717) is 6.54 Å². The van der Waals surface area contributed by atoms with Crippen LogP contribution in [0.1, 0.15) is 20.8 Å². The van der Waals surface area contributed by atoms with E-state index < -0.39 is 5.60 Å². The number of thiophene rings is 1. The van der Waals surface area contributed by atoms with Crippen molar-refractivity contribution in [2.24, 2.45) is 0 Å². The fourth-order valence-electron chi connectivity index (χ4n) is 2.62. The minimum atomic E-state index is -0.787. The summed E-state index contributed by atoms with van der Waals surface area (Å²) >= 11 is 1.63. The zero-order valence-corrected chi connectivity index (χ0v) is 14.5. The van der Waals surface area contributed by atoms with E-state index in [0.717, 1.165) is 34.0 Å². The maximum atomic E-state index is 10.2. The summed E-state index contributed by atoms with van der Waals surface area (Å²) in [5.41, 5.74) is 0.139. The molecule has 0 unspecified atom stereocenters. The fourth-order valence-corrected chi connectivity index (χ4v) is 3.28. The molecule has 0 aliphatic rings. The normalized spacial score (nSPS) is 11.8. The number of hydrogen-bond donors (Lipinski definition) is 1. The number of aromatic nitrogens is 2. The van der Waals surface area contributed by atoms with Crippen molar-refractivity contribution in [1.29, 1.82) is 0 Å². The molecule has 120 valence electrons. The Labute approximate surface area is 140 Å². The van der Waals surface area contributed by atoms with Crippen molar-refractivity contribution in [3.63, 3.8) is 0 Å². The van der Waals surface area contributed by atoms with Gasteiger partial charge in [-0.1, -0.05) is 18.2 Å². The number of likely N-dealkylation sites (N-methyl/N-ethyl adjacent to an activating group) is 1. The third-order valence-electron chi connectivity index (χ3n) is 3.58. The summed E-state index contributed by atoms with van der Waals surface area (Å²) < 4.78 is 0. The highest BCUT2D eigenvalue weighted by Crippen LogP contribution is 2.30. The maximum absolute atomic E-state index is 10.2. The summed E-state index contributed by atoms with van der Waals surface area (Å²) in [6.07, 6.45) is 0. The van der Waals surface area contributed by atoms with Crippen molar-refractivity contribution in [3.8, 4) is 10.7 Å². The largest absolute Gasteiger partial charge is 0.389 e. The summed E-state index contributed by atoms with van der Waals surface area (Å²) in [6.45, 7) is 7.01. The molecular weight excluding hydrogens is 306 g/mol. The number of aliphatic hydroxyl groups is 1. The molecule has 2 heterocycles. The highest BCUT2D eigenvalue weighted by molar-refractivity contribution is 7.13. The molecule has 3 aromatic rings. The third-order valence-corrected chi connectivity index (χ3v) is 4.45. The highest BCUT2D eigenvalue weighted by atomic mass is 32.1. The molecule has 4 nitrogen and oxygen atoms in total. The number of benzene rings is 1. The molecule has 23 heavy (non-hydrogen) atoms. The van der Waals surface area contributed by atoms with Crippen molar-refractivity contribution >= 4 is 28.1 Å². The van der Waals surface area contributed by atoms with Crippen LogP contribution >= 0.6 is 11.3 Å². The van der Waals surface area contributed by atoms with Crippen molar-refractivity contribution in [3.05, 3.63) is 41.8 Å². The van der Waals surface area contributed by atoms with Gasteiger partial charge in [0.05, 0.1) is 16.0 Å². The first-order valence-electron chi connectivity index (χ1n) is 7.76. The third kappa shape index (κ3) is 3.51.